The van der Waals surface area contributed by atoms with Crippen LogP contribution in [0.3, 0.4) is 0 Å². The van der Waals surface area contributed by atoms with Gasteiger partial charge in [0.15, 0.2) is 0 Å². The predicted molar refractivity (Wildman–Crippen MR) is 102 cm³/mol. The van der Waals surface area contributed by atoms with Crippen LogP contribution in [0.25, 0.3) is 0 Å². The largest absolute Gasteiger partial charge is 0.465 e. The molecule has 25 heavy (non-hydrogen) atoms. The summed E-state index contributed by atoms with van der Waals surface area (Å²) in [6, 6.07) is 10.5. The Kier molecular flexibility index (Phi) is 8.83. The quantitative estimate of drug-likeness (QED) is 0.492. The van der Waals surface area contributed by atoms with Crippen LogP contribution in [0.15, 0.2) is 30.3 Å². The molecule has 0 radical (unpaired) electrons. The van der Waals surface area contributed by atoms with E-state index >= 15 is 0 Å². The summed E-state index contributed by atoms with van der Waals surface area (Å²) in [6.45, 7) is 3.49. The molecule has 138 valence electrons. The van der Waals surface area contributed by atoms with Crippen molar-refractivity contribution in [1.82, 2.24) is 10.6 Å². The number of benzene rings is 1. The molecule has 0 spiro atoms. The molecule has 1 saturated heterocycles. The van der Waals surface area contributed by atoms with Crippen molar-refractivity contribution in [3.63, 3.8) is 0 Å². The molecule has 1 aliphatic heterocycles. The zero-order valence-corrected chi connectivity index (χ0v) is 15.6. The highest BCUT2D eigenvalue weighted by Gasteiger charge is 2.26. The Morgan fingerprint density at radius 3 is 2.84 bits per heavy atom. The molecular formula is C19H28N2O3S. The van der Waals surface area contributed by atoms with Gasteiger partial charge in [0, 0.05) is 36.9 Å². The average molecular weight is 365 g/mol. The second-order valence-corrected chi connectivity index (χ2v) is 7.59. The van der Waals surface area contributed by atoms with Crippen LogP contribution in [0.2, 0.25) is 0 Å². The van der Waals surface area contributed by atoms with E-state index in [0.29, 0.717) is 25.6 Å². The summed E-state index contributed by atoms with van der Waals surface area (Å²) in [5, 5.41) is 6.73. The van der Waals surface area contributed by atoms with E-state index in [-0.39, 0.29) is 17.1 Å². The highest BCUT2D eigenvalue weighted by Crippen LogP contribution is 2.24. The smallest absolute Gasteiger partial charge is 0.302 e. The Balaban J connectivity index is 1.72. The maximum Gasteiger partial charge on any atom is 0.302 e. The number of hydrogen-bond donors (Lipinski definition) is 2. The lowest BCUT2D eigenvalue weighted by atomic mass is 10.1. The Morgan fingerprint density at radius 1 is 1.36 bits per heavy atom. The summed E-state index contributed by atoms with van der Waals surface area (Å²) in [6.07, 6.45) is 3.60. The number of amides is 1. The topological polar surface area (TPSA) is 67.4 Å². The zero-order chi connectivity index (χ0) is 17.9. The minimum absolute atomic E-state index is 0.0922. The van der Waals surface area contributed by atoms with Gasteiger partial charge in [-0.3, -0.25) is 9.59 Å². The van der Waals surface area contributed by atoms with Crippen LogP contribution in [0, 0.1) is 0 Å². The molecule has 0 aliphatic carbocycles. The lowest BCUT2D eigenvalue weighted by Crippen LogP contribution is -2.38. The van der Waals surface area contributed by atoms with E-state index < -0.39 is 0 Å². The second kappa shape index (κ2) is 11.2. The van der Waals surface area contributed by atoms with E-state index in [2.05, 4.69) is 22.8 Å². The van der Waals surface area contributed by atoms with Crippen molar-refractivity contribution < 1.29 is 14.3 Å². The van der Waals surface area contributed by atoms with Gasteiger partial charge in [-0.25, -0.2) is 0 Å². The van der Waals surface area contributed by atoms with Crippen molar-refractivity contribution in [3.8, 4) is 0 Å². The number of thioether (sulfide) groups is 1. The van der Waals surface area contributed by atoms with E-state index in [1.807, 2.05) is 18.2 Å². The monoisotopic (exact) mass is 364 g/mol. The lowest BCUT2D eigenvalue weighted by molar-refractivity contribution is -0.140. The first-order chi connectivity index (χ1) is 12.1. The maximum absolute atomic E-state index is 12.3. The normalized spacial score (nSPS) is 17.9. The number of ether oxygens (including phenoxy) is 1. The molecule has 0 saturated carbocycles. The SMILES string of the molecule is CC(=O)OCCSC(CC(=O)NCCc1ccccc1)C1CCCN1. The molecule has 2 rings (SSSR count). The Hall–Kier alpha value is -1.53. The fourth-order valence-corrected chi connectivity index (χ4v) is 4.19. The molecule has 5 nitrogen and oxygen atoms in total. The van der Waals surface area contributed by atoms with Crippen molar-refractivity contribution in [1.29, 1.82) is 0 Å². The third kappa shape index (κ3) is 7.92. The zero-order valence-electron chi connectivity index (χ0n) is 14.8. The molecule has 1 aliphatic rings. The van der Waals surface area contributed by atoms with Gasteiger partial charge in [-0.2, -0.15) is 11.8 Å². The van der Waals surface area contributed by atoms with Crippen molar-refractivity contribution >= 4 is 23.6 Å². The first-order valence-corrected chi connectivity index (χ1v) is 9.99. The molecule has 2 atom stereocenters. The summed E-state index contributed by atoms with van der Waals surface area (Å²) in [4.78, 5) is 23.2. The number of hydrogen-bond acceptors (Lipinski definition) is 5. The molecule has 2 N–H and O–H groups in total. The number of nitrogens with one attached hydrogen (secondary N) is 2. The van der Waals surface area contributed by atoms with Crippen LogP contribution in [-0.2, 0) is 20.7 Å². The summed E-state index contributed by atoms with van der Waals surface area (Å²) >= 11 is 1.72. The predicted octanol–water partition coefficient (Wildman–Crippen LogP) is 2.15. The van der Waals surface area contributed by atoms with Gasteiger partial charge in [0.25, 0.3) is 0 Å². The van der Waals surface area contributed by atoms with Crippen LogP contribution < -0.4 is 10.6 Å². The molecule has 1 fully saturated rings. The first-order valence-electron chi connectivity index (χ1n) is 8.94. The van der Waals surface area contributed by atoms with Crippen molar-refractivity contribution in [2.24, 2.45) is 0 Å². The molecule has 1 aromatic carbocycles. The second-order valence-electron chi connectivity index (χ2n) is 6.24. The van der Waals surface area contributed by atoms with Crippen molar-refractivity contribution in [2.45, 2.75) is 43.9 Å². The van der Waals surface area contributed by atoms with Gasteiger partial charge in [-0.15, -0.1) is 0 Å². The van der Waals surface area contributed by atoms with Gasteiger partial charge in [-0.1, -0.05) is 30.3 Å². The van der Waals surface area contributed by atoms with Gasteiger partial charge >= 0.3 is 5.97 Å². The number of carbonyl (C=O) groups is 2. The molecule has 1 heterocycles. The van der Waals surface area contributed by atoms with E-state index in [1.54, 1.807) is 11.8 Å². The average Bonchev–Trinajstić information content (AvgIpc) is 3.13. The number of rotatable bonds is 10. The molecular weight excluding hydrogens is 336 g/mol. The fourth-order valence-electron chi connectivity index (χ4n) is 2.98. The Morgan fingerprint density at radius 2 is 2.16 bits per heavy atom. The first kappa shape index (κ1) is 19.8. The van der Waals surface area contributed by atoms with E-state index in [1.165, 1.54) is 12.5 Å². The Labute approximate surface area is 154 Å². The van der Waals surface area contributed by atoms with Gasteiger partial charge in [0.05, 0.1) is 0 Å². The molecule has 1 amide bonds. The highest BCUT2D eigenvalue weighted by molar-refractivity contribution is 8.00. The van der Waals surface area contributed by atoms with E-state index in [9.17, 15) is 9.59 Å². The van der Waals surface area contributed by atoms with Crippen molar-refractivity contribution in [2.75, 3.05) is 25.4 Å². The van der Waals surface area contributed by atoms with Crippen molar-refractivity contribution in [3.05, 3.63) is 35.9 Å². The van der Waals surface area contributed by atoms with Crippen LogP contribution in [0.5, 0.6) is 0 Å². The maximum atomic E-state index is 12.3. The van der Waals surface area contributed by atoms with Gasteiger partial charge in [0.2, 0.25) is 5.91 Å². The lowest BCUT2D eigenvalue weighted by Gasteiger charge is -2.23. The molecule has 2 unspecified atom stereocenters. The summed E-state index contributed by atoms with van der Waals surface area (Å²) in [5.74, 6) is 0.559. The molecule has 6 heteroatoms. The van der Waals surface area contributed by atoms with Crippen LogP contribution in [0.1, 0.15) is 31.7 Å². The minimum atomic E-state index is -0.255. The molecule has 0 bridgehead atoms. The van der Waals surface area contributed by atoms with E-state index in [4.69, 9.17) is 4.74 Å². The summed E-state index contributed by atoms with van der Waals surface area (Å²) in [5.41, 5.74) is 1.23. The molecule has 0 aromatic heterocycles. The van der Waals surface area contributed by atoms with Gasteiger partial charge in [0.1, 0.15) is 6.61 Å². The van der Waals surface area contributed by atoms with Crippen LogP contribution in [0.4, 0.5) is 0 Å². The summed E-state index contributed by atoms with van der Waals surface area (Å²) < 4.78 is 4.99. The third-order valence-electron chi connectivity index (χ3n) is 4.23. The number of esters is 1. The Bertz CT molecular complexity index is 533. The van der Waals surface area contributed by atoms with Crippen LogP contribution in [-0.4, -0.2) is 48.6 Å². The minimum Gasteiger partial charge on any atom is -0.465 e. The van der Waals surface area contributed by atoms with E-state index in [0.717, 1.165) is 31.6 Å². The fraction of sp³-hybridized carbons (Fsp3) is 0.579. The number of carbonyl (C=O) groups excluding carboxylic acids is 2. The standard InChI is InChI=1S/C19H28N2O3S/c1-15(22)24-12-13-25-18(17-8-5-10-20-17)14-19(23)21-11-9-16-6-3-2-4-7-16/h2-4,6-7,17-18,20H,5,8-14H2,1H3,(H,21,23). The van der Waals surface area contributed by atoms with Crippen LogP contribution >= 0.6 is 11.8 Å². The highest BCUT2D eigenvalue weighted by atomic mass is 32.2. The third-order valence-corrected chi connectivity index (χ3v) is 5.56. The molecule has 1 aromatic rings. The van der Waals surface area contributed by atoms with Gasteiger partial charge < -0.3 is 15.4 Å². The summed E-state index contributed by atoms with van der Waals surface area (Å²) in [7, 11) is 0. The van der Waals surface area contributed by atoms with Gasteiger partial charge in [-0.05, 0) is 31.4 Å².